The molecule has 23 heavy (non-hydrogen) atoms. The van der Waals surface area contributed by atoms with Crippen LogP contribution in [0.1, 0.15) is 12.5 Å². The van der Waals surface area contributed by atoms with Gasteiger partial charge in [-0.05, 0) is 31.5 Å². The number of carboxylic acids is 1. The first-order valence-corrected chi connectivity index (χ1v) is 7.49. The number of anilines is 1. The van der Waals surface area contributed by atoms with Crippen LogP contribution in [-0.4, -0.2) is 33.9 Å². The van der Waals surface area contributed by atoms with E-state index in [4.69, 9.17) is 28.3 Å². The third-order valence-corrected chi connectivity index (χ3v) is 4.38. The number of halogens is 2. The van der Waals surface area contributed by atoms with Crippen molar-refractivity contribution in [3.63, 3.8) is 0 Å². The molecule has 0 amide bonds. The van der Waals surface area contributed by atoms with Crippen LogP contribution >= 0.6 is 23.2 Å². The summed E-state index contributed by atoms with van der Waals surface area (Å²) in [7, 11) is 1.54. The zero-order valence-corrected chi connectivity index (χ0v) is 14.3. The monoisotopic (exact) mass is 355 g/mol. The topological polar surface area (TPSA) is 75.4 Å². The molecule has 8 heteroatoms. The average Bonchev–Trinajstić information content (AvgIpc) is 2.51. The number of hydrogen-bond donors (Lipinski definition) is 1. The van der Waals surface area contributed by atoms with Gasteiger partial charge in [-0.3, -0.25) is 4.79 Å². The van der Waals surface area contributed by atoms with Gasteiger partial charge in [0.25, 0.3) is 5.56 Å². The Hall–Kier alpha value is -2.05. The molecule has 0 radical (unpaired) electrons. The highest BCUT2D eigenvalue weighted by Crippen LogP contribution is 2.23. The molecule has 0 bridgehead atoms. The van der Waals surface area contributed by atoms with Gasteiger partial charge in [0.1, 0.15) is 11.1 Å². The van der Waals surface area contributed by atoms with Gasteiger partial charge in [-0.2, -0.15) is 9.78 Å². The van der Waals surface area contributed by atoms with E-state index in [1.807, 2.05) is 6.92 Å². The molecule has 0 aliphatic carbocycles. The van der Waals surface area contributed by atoms with Crippen LogP contribution in [0.25, 0.3) is 5.69 Å². The van der Waals surface area contributed by atoms with Gasteiger partial charge in [0.05, 0.1) is 17.6 Å². The molecule has 6 nitrogen and oxygen atoms in total. The van der Waals surface area contributed by atoms with E-state index in [9.17, 15) is 9.59 Å². The Morgan fingerprint density at radius 2 is 2.04 bits per heavy atom. The third-order valence-electron chi connectivity index (χ3n) is 3.62. The summed E-state index contributed by atoms with van der Waals surface area (Å²) >= 11 is 12.2. The van der Waals surface area contributed by atoms with Crippen molar-refractivity contribution in [1.82, 2.24) is 9.78 Å². The molecule has 2 aromatic rings. The zero-order chi connectivity index (χ0) is 17.3. The van der Waals surface area contributed by atoms with Crippen LogP contribution in [0.5, 0.6) is 0 Å². The number of likely N-dealkylation sites (N-methyl/N-ethyl adjacent to an activating group) is 1. The Morgan fingerprint density at radius 1 is 1.39 bits per heavy atom. The lowest BCUT2D eigenvalue weighted by atomic mass is 10.2. The van der Waals surface area contributed by atoms with Crippen molar-refractivity contribution >= 4 is 34.9 Å². The molecule has 2 rings (SSSR count). The lowest BCUT2D eigenvalue weighted by Crippen LogP contribution is -2.37. The second kappa shape index (κ2) is 6.60. The molecule has 0 aliphatic heterocycles. The number of nitrogens with zero attached hydrogens (tertiary/aromatic N) is 3. The van der Waals surface area contributed by atoms with Crippen molar-refractivity contribution in [2.45, 2.75) is 19.9 Å². The van der Waals surface area contributed by atoms with E-state index in [-0.39, 0.29) is 10.7 Å². The summed E-state index contributed by atoms with van der Waals surface area (Å²) in [5, 5.41) is 13.5. The Labute approximate surface area is 142 Å². The number of aliphatic carboxylic acids is 1. The number of carboxylic acid groups (broad SMARTS) is 1. The van der Waals surface area contributed by atoms with Crippen molar-refractivity contribution in [3.8, 4) is 5.69 Å². The fourth-order valence-electron chi connectivity index (χ4n) is 1.94. The van der Waals surface area contributed by atoms with E-state index in [1.54, 1.807) is 18.2 Å². The number of rotatable bonds is 4. The van der Waals surface area contributed by atoms with Gasteiger partial charge >= 0.3 is 5.97 Å². The van der Waals surface area contributed by atoms with E-state index < -0.39 is 17.6 Å². The Kier molecular flexibility index (Phi) is 4.97. The maximum Gasteiger partial charge on any atom is 0.326 e. The normalized spacial score (nSPS) is 12.0. The van der Waals surface area contributed by atoms with Gasteiger partial charge in [-0.25, -0.2) is 4.79 Å². The average molecular weight is 356 g/mol. The summed E-state index contributed by atoms with van der Waals surface area (Å²) in [5.74, 6) is -1.03. The lowest BCUT2D eigenvalue weighted by Gasteiger charge is -2.24. The predicted octanol–water partition coefficient (Wildman–Crippen LogP) is 2.76. The van der Waals surface area contributed by atoms with Crippen molar-refractivity contribution in [2.24, 2.45) is 0 Å². The van der Waals surface area contributed by atoms with Gasteiger partial charge in [0.15, 0.2) is 0 Å². The van der Waals surface area contributed by atoms with Crippen LogP contribution in [-0.2, 0) is 4.79 Å². The molecular formula is C15H15Cl2N3O3. The van der Waals surface area contributed by atoms with Crippen molar-refractivity contribution in [2.75, 3.05) is 11.9 Å². The van der Waals surface area contributed by atoms with Crippen LogP contribution in [0.3, 0.4) is 0 Å². The number of aromatic nitrogens is 2. The standard InChI is InChI=1S/C15H15Cl2N3O3/c1-8-4-5-10(6-11(8)16)20-14(21)13(17)12(7-18-20)19(3)9(2)15(22)23/h4-7,9H,1-3H3,(H,22,23). The van der Waals surface area contributed by atoms with Gasteiger partial charge in [-0.15, -0.1) is 0 Å². The minimum atomic E-state index is -1.03. The summed E-state index contributed by atoms with van der Waals surface area (Å²) in [6.07, 6.45) is 1.36. The molecule has 0 fully saturated rings. The van der Waals surface area contributed by atoms with Gasteiger partial charge < -0.3 is 10.0 Å². The molecule has 1 aromatic heterocycles. The molecule has 1 unspecified atom stereocenters. The molecule has 0 aliphatic rings. The van der Waals surface area contributed by atoms with Crippen LogP contribution in [0.15, 0.2) is 29.2 Å². The fraction of sp³-hybridized carbons (Fsp3) is 0.267. The number of benzene rings is 1. The highest BCUT2D eigenvalue weighted by Gasteiger charge is 2.22. The smallest absolute Gasteiger partial charge is 0.326 e. The summed E-state index contributed by atoms with van der Waals surface area (Å²) in [6, 6.07) is 4.24. The Balaban J connectivity index is 2.51. The molecule has 1 aromatic carbocycles. The lowest BCUT2D eigenvalue weighted by molar-refractivity contribution is -0.138. The molecule has 0 saturated heterocycles. The van der Waals surface area contributed by atoms with Crippen LogP contribution < -0.4 is 10.5 Å². The third kappa shape index (κ3) is 3.33. The highest BCUT2D eigenvalue weighted by molar-refractivity contribution is 6.33. The second-order valence-corrected chi connectivity index (χ2v) is 5.90. The molecule has 1 heterocycles. The van der Waals surface area contributed by atoms with Crippen LogP contribution in [0, 0.1) is 6.92 Å². The predicted molar refractivity (Wildman–Crippen MR) is 90.1 cm³/mol. The highest BCUT2D eigenvalue weighted by atomic mass is 35.5. The molecule has 1 atom stereocenters. The van der Waals surface area contributed by atoms with Gasteiger partial charge in [0, 0.05) is 12.1 Å². The largest absolute Gasteiger partial charge is 0.480 e. The van der Waals surface area contributed by atoms with Crippen LogP contribution in [0.4, 0.5) is 5.69 Å². The first kappa shape index (κ1) is 17.3. The summed E-state index contributed by atoms with van der Waals surface area (Å²) < 4.78 is 1.12. The van der Waals surface area contributed by atoms with Crippen LogP contribution in [0.2, 0.25) is 10.0 Å². The fourth-order valence-corrected chi connectivity index (χ4v) is 2.38. The Morgan fingerprint density at radius 3 is 2.61 bits per heavy atom. The molecule has 0 spiro atoms. The van der Waals surface area contributed by atoms with E-state index in [0.29, 0.717) is 10.7 Å². The maximum absolute atomic E-state index is 12.4. The van der Waals surface area contributed by atoms with Gasteiger partial charge in [0.2, 0.25) is 0 Å². The van der Waals surface area contributed by atoms with Crippen molar-refractivity contribution in [1.29, 1.82) is 0 Å². The SMILES string of the molecule is Cc1ccc(-n2ncc(N(C)C(C)C(=O)O)c(Cl)c2=O)cc1Cl. The summed E-state index contributed by atoms with van der Waals surface area (Å²) in [5.41, 5.74) is 1.06. The first-order valence-electron chi connectivity index (χ1n) is 6.74. The second-order valence-electron chi connectivity index (χ2n) is 5.12. The van der Waals surface area contributed by atoms with E-state index in [0.717, 1.165) is 10.2 Å². The van der Waals surface area contributed by atoms with E-state index in [1.165, 1.54) is 25.1 Å². The summed E-state index contributed by atoms with van der Waals surface area (Å²) in [6.45, 7) is 3.34. The molecular weight excluding hydrogens is 341 g/mol. The molecule has 122 valence electrons. The molecule has 0 saturated carbocycles. The van der Waals surface area contributed by atoms with E-state index >= 15 is 0 Å². The molecule has 1 N–H and O–H groups in total. The van der Waals surface area contributed by atoms with Gasteiger partial charge in [-0.1, -0.05) is 29.3 Å². The first-order chi connectivity index (χ1) is 10.7. The number of hydrogen-bond acceptors (Lipinski definition) is 4. The quantitative estimate of drug-likeness (QED) is 0.912. The van der Waals surface area contributed by atoms with Crippen molar-refractivity contribution < 1.29 is 9.90 Å². The van der Waals surface area contributed by atoms with Crippen molar-refractivity contribution in [3.05, 3.63) is 50.4 Å². The summed E-state index contributed by atoms with van der Waals surface area (Å²) in [4.78, 5) is 24.9. The maximum atomic E-state index is 12.4. The Bertz CT molecular complexity index is 820. The number of carbonyl (C=O) groups is 1. The zero-order valence-electron chi connectivity index (χ0n) is 12.7. The van der Waals surface area contributed by atoms with E-state index in [2.05, 4.69) is 5.10 Å². The number of aryl methyl sites for hydroxylation is 1. The minimum Gasteiger partial charge on any atom is -0.480 e. The minimum absolute atomic E-state index is 0.104.